The Balaban J connectivity index is 3.63. The quantitative estimate of drug-likeness (QED) is 0.274. The number of nitrogens with one attached hydrogen (secondary N) is 2. The second-order valence-electron chi connectivity index (χ2n) is 2.06. The summed E-state index contributed by atoms with van der Waals surface area (Å²) in [7, 11) is 0. The molecule has 0 aliphatic carbocycles. The van der Waals surface area contributed by atoms with Crippen LogP contribution in [-0.2, 0) is 14.3 Å². The number of amides is 1. The molecule has 6 nitrogen and oxygen atoms in total. The van der Waals surface area contributed by atoms with Gasteiger partial charge in [-0.05, 0) is 6.92 Å². The molecule has 0 heterocycles. The lowest BCUT2D eigenvalue weighted by molar-refractivity contribution is -0.146. The van der Waals surface area contributed by atoms with Gasteiger partial charge in [-0.15, -0.1) is 0 Å². The monoisotopic (exact) mass is 175 g/mol. The topological polar surface area (TPSA) is 93.4 Å². The van der Waals surface area contributed by atoms with Crippen molar-refractivity contribution in [3.8, 4) is 0 Å². The minimum absolute atomic E-state index is 0.258. The van der Waals surface area contributed by atoms with Crippen LogP contribution in [0, 0.1) is 0 Å². The largest absolute Gasteiger partial charge is 0.464 e. The number of carbonyl (C=O) groups excluding carboxylic acids is 2. The summed E-state index contributed by atoms with van der Waals surface area (Å²) in [5.41, 5.74) is 9.69. The first kappa shape index (κ1) is 10.9. The summed E-state index contributed by atoms with van der Waals surface area (Å²) >= 11 is 0. The maximum atomic E-state index is 10.8. The molecule has 0 rings (SSSR count). The van der Waals surface area contributed by atoms with E-state index in [-0.39, 0.29) is 12.5 Å². The summed E-state index contributed by atoms with van der Waals surface area (Å²) in [5, 5.41) is 0. The fourth-order valence-corrected chi connectivity index (χ4v) is 0.470. The second-order valence-corrected chi connectivity index (χ2v) is 2.06. The number of hydrogen-bond donors (Lipinski definition) is 3. The third-order valence-electron chi connectivity index (χ3n) is 0.944. The maximum absolute atomic E-state index is 10.8. The van der Waals surface area contributed by atoms with Gasteiger partial charge in [0.2, 0.25) is 5.91 Å². The lowest BCUT2D eigenvalue weighted by Crippen LogP contribution is -2.53. The number of esters is 1. The first-order chi connectivity index (χ1) is 5.57. The van der Waals surface area contributed by atoms with Crippen LogP contribution >= 0.6 is 0 Å². The van der Waals surface area contributed by atoms with Gasteiger partial charge in [-0.2, -0.15) is 0 Å². The van der Waals surface area contributed by atoms with Crippen molar-refractivity contribution in [2.75, 3.05) is 6.61 Å². The Bertz CT molecular complexity index is 171. The van der Waals surface area contributed by atoms with E-state index < -0.39 is 12.1 Å². The highest BCUT2D eigenvalue weighted by atomic mass is 16.5. The van der Waals surface area contributed by atoms with E-state index in [0.717, 1.165) is 0 Å². The van der Waals surface area contributed by atoms with Crippen LogP contribution in [-0.4, -0.2) is 24.6 Å². The molecule has 0 bridgehead atoms. The van der Waals surface area contributed by atoms with E-state index in [1.807, 2.05) is 0 Å². The van der Waals surface area contributed by atoms with Gasteiger partial charge in [0.25, 0.3) is 0 Å². The zero-order chi connectivity index (χ0) is 9.56. The third kappa shape index (κ3) is 4.64. The normalized spacial score (nSPS) is 11.9. The Labute approximate surface area is 70.4 Å². The van der Waals surface area contributed by atoms with Crippen molar-refractivity contribution in [3.63, 3.8) is 0 Å². The summed E-state index contributed by atoms with van der Waals surface area (Å²) in [6.45, 7) is 3.22. The van der Waals surface area contributed by atoms with Crippen LogP contribution in [0.1, 0.15) is 13.8 Å². The van der Waals surface area contributed by atoms with Gasteiger partial charge < -0.3 is 10.5 Å². The second kappa shape index (κ2) is 5.50. The molecule has 0 saturated heterocycles. The number of hydrogen-bond acceptors (Lipinski definition) is 5. The van der Waals surface area contributed by atoms with Gasteiger partial charge in [0.1, 0.15) is 0 Å². The van der Waals surface area contributed by atoms with E-state index in [1.165, 1.54) is 6.92 Å². The molecule has 6 heteroatoms. The van der Waals surface area contributed by atoms with Crippen LogP contribution in [0.4, 0.5) is 0 Å². The zero-order valence-corrected chi connectivity index (χ0v) is 7.09. The molecule has 0 aromatic rings. The number of carbonyl (C=O) groups is 2. The fraction of sp³-hybridized carbons (Fsp3) is 0.667. The highest BCUT2D eigenvalue weighted by Gasteiger charge is 2.13. The minimum atomic E-state index is -1.02. The highest BCUT2D eigenvalue weighted by Crippen LogP contribution is 1.79. The molecule has 1 amide bonds. The van der Waals surface area contributed by atoms with Crippen LogP contribution in [0.5, 0.6) is 0 Å². The van der Waals surface area contributed by atoms with Crippen molar-refractivity contribution in [3.05, 3.63) is 0 Å². The Morgan fingerprint density at radius 1 is 1.58 bits per heavy atom. The van der Waals surface area contributed by atoms with E-state index in [9.17, 15) is 9.59 Å². The average Bonchev–Trinajstić information content (AvgIpc) is 2.00. The van der Waals surface area contributed by atoms with Crippen LogP contribution in [0.15, 0.2) is 0 Å². The predicted octanol–water partition coefficient (Wildman–Crippen LogP) is -1.52. The minimum Gasteiger partial charge on any atom is -0.464 e. The van der Waals surface area contributed by atoms with E-state index in [4.69, 9.17) is 5.73 Å². The number of hydrazine groups is 1. The van der Waals surface area contributed by atoms with Crippen LogP contribution in [0.25, 0.3) is 0 Å². The van der Waals surface area contributed by atoms with Crippen molar-refractivity contribution >= 4 is 11.9 Å². The lowest BCUT2D eigenvalue weighted by atomic mass is 10.5. The summed E-state index contributed by atoms with van der Waals surface area (Å²) in [4.78, 5) is 21.1. The standard InChI is InChI=1S/C6H13N3O3/c1-3-12-6(11)5(7)9-8-4(2)10/h5,9H,3,7H2,1-2H3,(H,8,10). The molecule has 0 aromatic carbocycles. The Morgan fingerprint density at radius 2 is 2.17 bits per heavy atom. The Hall–Kier alpha value is -1.14. The smallest absolute Gasteiger partial charge is 0.339 e. The summed E-state index contributed by atoms with van der Waals surface area (Å²) < 4.78 is 4.56. The van der Waals surface area contributed by atoms with E-state index >= 15 is 0 Å². The predicted molar refractivity (Wildman–Crippen MR) is 41.6 cm³/mol. The zero-order valence-electron chi connectivity index (χ0n) is 7.09. The SMILES string of the molecule is CCOC(=O)C(N)NNC(C)=O. The van der Waals surface area contributed by atoms with Gasteiger partial charge in [-0.1, -0.05) is 0 Å². The molecular formula is C6H13N3O3. The molecule has 0 saturated carbocycles. The van der Waals surface area contributed by atoms with Crippen molar-refractivity contribution in [2.24, 2.45) is 5.73 Å². The molecule has 4 N–H and O–H groups in total. The Kier molecular flexibility index (Phi) is 4.98. The molecule has 70 valence electrons. The van der Waals surface area contributed by atoms with Gasteiger partial charge in [0.05, 0.1) is 6.61 Å². The molecule has 0 aliphatic rings. The maximum Gasteiger partial charge on any atom is 0.339 e. The van der Waals surface area contributed by atoms with Gasteiger partial charge >= 0.3 is 5.97 Å². The van der Waals surface area contributed by atoms with Crippen LogP contribution in [0.2, 0.25) is 0 Å². The van der Waals surface area contributed by atoms with Gasteiger partial charge in [0, 0.05) is 6.92 Å². The van der Waals surface area contributed by atoms with E-state index in [1.54, 1.807) is 6.92 Å². The van der Waals surface area contributed by atoms with Crippen molar-refractivity contribution in [2.45, 2.75) is 20.0 Å². The van der Waals surface area contributed by atoms with Gasteiger partial charge in [0.15, 0.2) is 6.17 Å². The highest BCUT2D eigenvalue weighted by molar-refractivity contribution is 5.76. The fourth-order valence-electron chi connectivity index (χ4n) is 0.470. The first-order valence-electron chi connectivity index (χ1n) is 3.52. The molecule has 1 atom stereocenters. The summed E-state index contributed by atoms with van der Waals surface area (Å²) in [5.74, 6) is -0.930. The Morgan fingerprint density at radius 3 is 2.58 bits per heavy atom. The molecule has 1 unspecified atom stereocenters. The van der Waals surface area contributed by atoms with Crippen LogP contribution in [0.3, 0.4) is 0 Å². The van der Waals surface area contributed by atoms with Gasteiger partial charge in [-0.3, -0.25) is 10.2 Å². The molecule has 0 aliphatic heterocycles. The lowest BCUT2D eigenvalue weighted by Gasteiger charge is -2.11. The molecule has 12 heavy (non-hydrogen) atoms. The third-order valence-corrected chi connectivity index (χ3v) is 0.944. The first-order valence-corrected chi connectivity index (χ1v) is 3.52. The molecule has 0 spiro atoms. The molecule has 0 aromatic heterocycles. The number of nitrogens with two attached hydrogens (primary N) is 1. The van der Waals surface area contributed by atoms with Crippen molar-refractivity contribution in [1.29, 1.82) is 0 Å². The van der Waals surface area contributed by atoms with Crippen molar-refractivity contribution in [1.82, 2.24) is 10.9 Å². The molecule has 0 fully saturated rings. The van der Waals surface area contributed by atoms with Gasteiger partial charge in [-0.25, -0.2) is 10.2 Å². The molecule has 0 radical (unpaired) electrons. The average molecular weight is 175 g/mol. The van der Waals surface area contributed by atoms with Crippen LogP contribution < -0.4 is 16.6 Å². The van der Waals surface area contributed by atoms with E-state index in [0.29, 0.717) is 0 Å². The summed E-state index contributed by atoms with van der Waals surface area (Å²) in [6.07, 6.45) is -1.02. The number of ether oxygens (including phenoxy) is 1. The van der Waals surface area contributed by atoms with Crippen molar-refractivity contribution < 1.29 is 14.3 Å². The number of rotatable bonds is 4. The van der Waals surface area contributed by atoms with E-state index in [2.05, 4.69) is 15.6 Å². The summed E-state index contributed by atoms with van der Waals surface area (Å²) in [6, 6.07) is 0. The molecular weight excluding hydrogens is 162 g/mol.